The van der Waals surface area contributed by atoms with Crippen LogP contribution in [0.1, 0.15) is 25.5 Å². The standard InChI is InChI=1S/C14H18N4O/c1-10(2)18-8-7-16-13(14(18)19)17-9-11-5-3-4-6-12(11)15/h3-8,10H,9,15H2,1-2H3,(H,16,17). The molecule has 0 fully saturated rings. The van der Waals surface area contributed by atoms with Gasteiger partial charge >= 0.3 is 0 Å². The lowest BCUT2D eigenvalue weighted by Crippen LogP contribution is -2.25. The fourth-order valence-electron chi connectivity index (χ4n) is 1.83. The molecule has 2 rings (SSSR count). The summed E-state index contributed by atoms with van der Waals surface area (Å²) in [5.41, 5.74) is 7.39. The summed E-state index contributed by atoms with van der Waals surface area (Å²) in [6.45, 7) is 4.40. The summed E-state index contributed by atoms with van der Waals surface area (Å²) in [4.78, 5) is 16.2. The number of nitrogens with one attached hydrogen (secondary N) is 1. The summed E-state index contributed by atoms with van der Waals surface area (Å²) in [7, 11) is 0. The summed E-state index contributed by atoms with van der Waals surface area (Å²) in [5.74, 6) is 0.347. The molecule has 3 N–H and O–H groups in total. The molecule has 0 aliphatic carbocycles. The van der Waals surface area contributed by atoms with Crippen LogP contribution >= 0.6 is 0 Å². The van der Waals surface area contributed by atoms with E-state index >= 15 is 0 Å². The Bertz CT molecular complexity index is 619. The van der Waals surface area contributed by atoms with E-state index in [2.05, 4.69) is 10.3 Å². The average Bonchev–Trinajstić information content (AvgIpc) is 2.39. The van der Waals surface area contributed by atoms with Crippen molar-refractivity contribution < 1.29 is 0 Å². The van der Waals surface area contributed by atoms with Crippen LogP contribution in [0.4, 0.5) is 11.5 Å². The summed E-state index contributed by atoms with van der Waals surface area (Å²) in [5, 5.41) is 3.04. The van der Waals surface area contributed by atoms with Crippen molar-refractivity contribution in [3.05, 3.63) is 52.6 Å². The van der Waals surface area contributed by atoms with Gasteiger partial charge in [0.15, 0.2) is 5.82 Å². The minimum Gasteiger partial charge on any atom is -0.398 e. The van der Waals surface area contributed by atoms with Gasteiger partial charge in [0, 0.05) is 30.7 Å². The van der Waals surface area contributed by atoms with Crippen molar-refractivity contribution in [2.75, 3.05) is 11.1 Å². The zero-order valence-electron chi connectivity index (χ0n) is 11.1. The van der Waals surface area contributed by atoms with Crippen LogP contribution in [0.2, 0.25) is 0 Å². The lowest BCUT2D eigenvalue weighted by atomic mass is 10.2. The zero-order valence-corrected chi connectivity index (χ0v) is 11.1. The largest absolute Gasteiger partial charge is 0.398 e. The maximum atomic E-state index is 12.1. The van der Waals surface area contributed by atoms with Gasteiger partial charge in [0.2, 0.25) is 0 Å². The number of aromatic nitrogens is 2. The van der Waals surface area contributed by atoms with Gasteiger partial charge in [0.25, 0.3) is 5.56 Å². The van der Waals surface area contributed by atoms with Crippen LogP contribution in [-0.2, 0) is 6.54 Å². The number of para-hydroxylation sites is 1. The molecule has 0 radical (unpaired) electrons. The molecule has 19 heavy (non-hydrogen) atoms. The van der Waals surface area contributed by atoms with E-state index in [0.717, 1.165) is 5.56 Å². The van der Waals surface area contributed by atoms with Crippen molar-refractivity contribution in [1.29, 1.82) is 0 Å². The highest BCUT2D eigenvalue weighted by Gasteiger charge is 2.07. The van der Waals surface area contributed by atoms with Gasteiger partial charge in [-0.15, -0.1) is 0 Å². The van der Waals surface area contributed by atoms with Gasteiger partial charge in [0.05, 0.1) is 0 Å². The number of nitrogens with two attached hydrogens (primary N) is 1. The number of hydrogen-bond acceptors (Lipinski definition) is 4. The number of nitrogens with zero attached hydrogens (tertiary/aromatic N) is 2. The van der Waals surface area contributed by atoms with Gasteiger partial charge in [-0.1, -0.05) is 18.2 Å². The third-order valence-corrected chi connectivity index (χ3v) is 2.93. The van der Waals surface area contributed by atoms with Crippen molar-refractivity contribution in [2.45, 2.75) is 26.4 Å². The van der Waals surface area contributed by atoms with Crippen molar-refractivity contribution in [2.24, 2.45) is 0 Å². The first-order valence-corrected chi connectivity index (χ1v) is 6.24. The predicted molar refractivity (Wildman–Crippen MR) is 77.1 cm³/mol. The zero-order chi connectivity index (χ0) is 13.8. The molecule has 0 bridgehead atoms. The van der Waals surface area contributed by atoms with Crippen LogP contribution in [-0.4, -0.2) is 9.55 Å². The average molecular weight is 258 g/mol. The van der Waals surface area contributed by atoms with Crippen LogP contribution in [0, 0.1) is 0 Å². The second kappa shape index (κ2) is 5.56. The van der Waals surface area contributed by atoms with Gasteiger partial charge in [0.1, 0.15) is 0 Å². The molecule has 0 atom stereocenters. The first-order chi connectivity index (χ1) is 9.09. The summed E-state index contributed by atoms with van der Waals surface area (Å²) in [6, 6.07) is 7.66. The maximum Gasteiger partial charge on any atom is 0.293 e. The quantitative estimate of drug-likeness (QED) is 0.823. The molecular formula is C14H18N4O. The monoisotopic (exact) mass is 258 g/mol. The summed E-state index contributed by atoms with van der Waals surface area (Å²) in [6.07, 6.45) is 3.31. The number of nitrogen functional groups attached to an aromatic ring is 1. The lowest BCUT2D eigenvalue weighted by Gasteiger charge is -2.12. The number of benzene rings is 1. The topological polar surface area (TPSA) is 72.9 Å². The van der Waals surface area contributed by atoms with Gasteiger partial charge in [-0.2, -0.15) is 0 Å². The van der Waals surface area contributed by atoms with Crippen molar-refractivity contribution in [3.63, 3.8) is 0 Å². The Morgan fingerprint density at radius 2 is 2.11 bits per heavy atom. The molecule has 1 aromatic heterocycles. The fraction of sp³-hybridized carbons (Fsp3) is 0.286. The Balaban J connectivity index is 2.19. The molecule has 0 unspecified atom stereocenters. The number of hydrogen-bond donors (Lipinski definition) is 2. The molecule has 100 valence electrons. The molecule has 1 heterocycles. The summed E-state index contributed by atoms with van der Waals surface area (Å²) < 4.78 is 1.64. The minimum absolute atomic E-state index is 0.109. The highest BCUT2D eigenvalue weighted by molar-refractivity contribution is 5.48. The van der Waals surface area contributed by atoms with E-state index in [-0.39, 0.29) is 11.6 Å². The van der Waals surface area contributed by atoms with Crippen LogP contribution < -0.4 is 16.6 Å². The smallest absolute Gasteiger partial charge is 0.293 e. The molecular weight excluding hydrogens is 240 g/mol. The highest BCUT2D eigenvalue weighted by atomic mass is 16.1. The molecule has 0 saturated heterocycles. The minimum atomic E-state index is -0.119. The Hall–Kier alpha value is -2.30. The molecule has 0 aliphatic heterocycles. The Morgan fingerprint density at radius 1 is 1.37 bits per heavy atom. The number of anilines is 2. The molecule has 5 nitrogen and oxygen atoms in total. The maximum absolute atomic E-state index is 12.1. The van der Waals surface area contributed by atoms with E-state index in [1.807, 2.05) is 38.1 Å². The van der Waals surface area contributed by atoms with E-state index in [4.69, 9.17) is 5.73 Å². The van der Waals surface area contributed by atoms with Crippen LogP contribution in [0.3, 0.4) is 0 Å². The highest BCUT2D eigenvalue weighted by Crippen LogP contribution is 2.11. The normalized spacial score (nSPS) is 10.7. The van der Waals surface area contributed by atoms with E-state index in [9.17, 15) is 4.79 Å². The predicted octanol–water partition coefficient (Wildman–Crippen LogP) is 2.02. The van der Waals surface area contributed by atoms with Gasteiger partial charge in [-0.25, -0.2) is 4.98 Å². The van der Waals surface area contributed by atoms with Crippen molar-refractivity contribution in [3.8, 4) is 0 Å². The molecule has 0 amide bonds. The van der Waals surface area contributed by atoms with Gasteiger partial charge < -0.3 is 15.6 Å². The number of rotatable bonds is 4. The molecule has 2 aromatic rings. The Kier molecular flexibility index (Phi) is 3.85. The first-order valence-electron chi connectivity index (χ1n) is 6.24. The van der Waals surface area contributed by atoms with Crippen molar-refractivity contribution >= 4 is 11.5 Å². The second-order valence-electron chi connectivity index (χ2n) is 4.63. The Labute approximate surface area is 112 Å². The van der Waals surface area contributed by atoms with E-state index in [1.165, 1.54) is 0 Å². The molecule has 0 aliphatic rings. The van der Waals surface area contributed by atoms with Gasteiger partial charge in [-0.05, 0) is 25.5 Å². The fourth-order valence-corrected chi connectivity index (χ4v) is 1.83. The van der Waals surface area contributed by atoms with Crippen molar-refractivity contribution in [1.82, 2.24) is 9.55 Å². The summed E-state index contributed by atoms with van der Waals surface area (Å²) >= 11 is 0. The Morgan fingerprint density at radius 3 is 2.79 bits per heavy atom. The molecule has 1 aromatic carbocycles. The molecule has 5 heteroatoms. The van der Waals surface area contributed by atoms with E-state index in [1.54, 1.807) is 17.0 Å². The van der Waals surface area contributed by atoms with Crippen LogP contribution in [0.15, 0.2) is 41.5 Å². The SMILES string of the molecule is CC(C)n1ccnc(NCc2ccccc2N)c1=O. The second-order valence-corrected chi connectivity index (χ2v) is 4.63. The van der Waals surface area contributed by atoms with Crippen LogP contribution in [0.25, 0.3) is 0 Å². The first kappa shape index (κ1) is 13.1. The van der Waals surface area contributed by atoms with Crippen LogP contribution in [0.5, 0.6) is 0 Å². The third-order valence-electron chi connectivity index (χ3n) is 2.93. The molecule has 0 saturated carbocycles. The molecule has 0 spiro atoms. The van der Waals surface area contributed by atoms with E-state index in [0.29, 0.717) is 18.1 Å². The van der Waals surface area contributed by atoms with Gasteiger partial charge in [-0.3, -0.25) is 4.79 Å². The lowest BCUT2D eigenvalue weighted by molar-refractivity contribution is 0.575. The third kappa shape index (κ3) is 2.93. The van der Waals surface area contributed by atoms with E-state index < -0.39 is 0 Å².